The molecule has 0 saturated carbocycles. The van der Waals surface area contributed by atoms with Crippen LogP contribution < -0.4 is 10.3 Å². The van der Waals surface area contributed by atoms with Gasteiger partial charge in [-0.25, -0.2) is 9.37 Å². The van der Waals surface area contributed by atoms with Crippen LogP contribution in [0, 0.1) is 23.0 Å². The summed E-state index contributed by atoms with van der Waals surface area (Å²) in [5.41, 5.74) is -1.56. The number of ether oxygens (including phenoxy) is 1. The molecule has 2 rings (SSSR count). The Balaban J connectivity index is 2.79. The second-order valence-corrected chi connectivity index (χ2v) is 4.65. The van der Waals surface area contributed by atoms with Gasteiger partial charge in [-0.05, 0) is 18.4 Å². The van der Waals surface area contributed by atoms with Gasteiger partial charge in [0.25, 0.3) is 5.56 Å². The molecule has 0 spiro atoms. The summed E-state index contributed by atoms with van der Waals surface area (Å²) in [5.74, 6) is -2.70. The van der Waals surface area contributed by atoms with Gasteiger partial charge in [0.15, 0.2) is 16.7 Å². The van der Waals surface area contributed by atoms with E-state index in [0.717, 1.165) is 11.8 Å². The van der Waals surface area contributed by atoms with Crippen LogP contribution in [-0.2, 0) is 0 Å². The lowest BCUT2D eigenvalue weighted by Crippen LogP contribution is -2.15. The number of nitrogens with zero attached hydrogens (tertiary/aromatic N) is 2. The highest BCUT2D eigenvalue weighted by Crippen LogP contribution is 2.30. The summed E-state index contributed by atoms with van der Waals surface area (Å²) >= 11 is 1.11. The van der Waals surface area contributed by atoms with Gasteiger partial charge in [-0.2, -0.15) is 9.65 Å². The maximum absolute atomic E-state index is 14.1. The van der Waals surface area contributed by atoms with E-state index in [4.69, 9.17) is 5.26 Å². The molecule has 2 aromatic rings. The van der Waals surface area contributed by atoms with Crippen molar-refractivity contribution in [1.29, 1.82) is 5.26 Å². The molecular weight excluding hydrogens is 300 g/mol. The molecule has 0 aliphatic rings. The minimum atomic E-state index is -1.23. The number of aromatic nitrogens is 2. The molecule has 5 nitrogen and oxygen atoms in total. The summed E-state index contributed by atoms with van der Waals surface area (Å²) in [4.78, 5) is 18.1. The Kier molecular flexibility index (Phi) is 4.23. The molecule has 0 saturated heterocycles. The average molecular weight is 309 g/mol. The molecule has 0 aliphatic carbocycles. The number of nitrogens with one attached hydrogen (secondary N) is 1. The van der Waals surface area contributed by atoms with Crippen LogP contribution in [0.15, 0.2) is 22.1 Å². The van der Waals surface area contributed by atoms with Crippen LogP contribution in [-0.4, -0.2) is 23.3 Å². The van der Waals surface area contributed by atoms with E-state index >= 15 is 0 Å². The predicted molar refractivity (Wildman–Crippen MR) is 73.3 cm³/mol. The van der Waals surface area contributed by atoms with Gasteiger partial charge in [0.05, 0.1) is 12.8 Å². The molecule has 0 radical (unpaired) electrons. The first-order valence-electron chi connectivity index (χ1n) is 5.64. The Morgan fingerprint density at radius 1 is 1.38 bits per heavy atom. The SMILES string of the molecule is COc1ccc(-c2nc(SC)[nH]c(=O)c2C#N)c(F)c1F. The van der Waals surface area contributed by atoms with Crippen molar-refractivity contribution in [1.82, 2.24) is 9.97 Å². The molecule has 21 heavy (non-hydrogen) atoms. The maximum Gasteiger partial charge on any atom is 0.270 e. The predicted octanol–water partition coefficient (Wildman–Crippen LogP) is 2.32. The van der Waals surface area contributed by atoms with Gasteiger partial charge in [-0.1, -0.05) is 11.8 Å². The van der Waals surface area contributed by atoms with Gasteiger partial charge in [0, 0.05) is 5.56 Å². The number of hydrogen-bond donors (Lipinski definition) is 1. The number of H-pyrrole nitrogens is 1. The van der Waals surface area contributed by atoms with Gasteiger partial charge in [-0.3, -0.25) is 4.79 Å². The van der Waals surface area contributed by atoms with Gasteiger partial charge < -0.3 is 9.72 Å². The van der Waals surface area contributed by atoms with Crippen LogP contribution in [0.4, 0.5) is 8.78 Å². The molecule has 1 aromatic heterocycles. The van der Waals surface area contributed by atoms with Gasteiger partial charge in [0.1, 0.15) is 11.6 Å². The first-order valence-corrected chi connectivity index (χ1v) is 6.86. The Hall–Kier alpha value is -2.40. The molecule has 108 valence electrons. The Morgan fingerprint density at radius 3 is 2.67 bits per heavy atom. The smallest absolute Gasteiger partial charge is 0.270 e. The molecule has 0 bridgehead atoms. The molecule has 0 aliphatic heterocycles. The fraction of sp³-hybridized carbons (Fsp3) is 0.154. The minimum absolute atomic E-state index is 0.199. The standard InChI is InChI=1S/C13H9F2N3O2S/c1-20-8-4-3-6(9(14)10(8)15)11-7(5-16)12(19)18-13(17-11)21-2/h3-4H,1-2H3,(H,17,18,19). The highest BCUT2D eigenvalue weighted by molar-refractivity contribution is 7.98. The highest BCUT2D eigenvalue weighted by atomic mass is 32.2. The summed E-state index contributed by atoms with van der Waals surface area (Å²) in [6.45, 7) is 0. The summed E-state index contributed by atoms with van der Waals surface area (Å²) < 4.78 is 32.5. The number of rotatable bonds is 3. The van der Waals surface area contributed by atoms with Crippen LogP contribution in [0.5, 0.6) is 5.75 Å². The monoisotopic (exact) mass is 309 g/mol. The minimum Gasteiger partial charge on any atom is -0.494 e. The fourth-order valence-electron chi connectivity index (χ4n) is 1.72. The lowest BCUT2D eigenvalue weighted by Gasteiger charge is -2.09. The van der Waals surface area contributed by atoms with E-state index in [0.29, 0.717) is 0 Å². The van der Waals surface area contributed by atoms with Crippen molar-refractivity contribution < 1.29 is 13.5 Å². The molecule has 0 fully saturated rings. The summed E-state index contributed by atoms with van der Waals surface area (Å²) in [5, 5.41) is 9.23. The second-order valence-electron chi connectivity index (χ2n) is 3.85. The van der Waals surface area contributed by atoms with E-state index in [9.17, 15) is 13.6 Å². The molecule has 1 heterocycles. The van der Waals surface area contributed by atoms with E-state index < -0.39 is 17.2 Å². The van der Waals surface area contributed by atoms with Crippen LogP contribution in [0.2, 0.25) is 0 Å². The zero-order chi connectivity index (χ0) is 15.6. The molecule has 1 aromatic carbocycles. The number of benzene rings is 1. The van der Waals surface area contributed by atoms with Gasteiger partial charge in [-0.15, -0.1) is 0 Å². The number of hydrogen-bond acceptors (Lipinski definition) is 5. The Bertz CT molecular complexity index is 799. The normalized spacial score (nSPS) is 10.2. The Labute approximate surface area is 122 Å². The fourth-order valence-corrected chi connectivity index (χ4v) is 2.10. The van der Waals surface area contributed by atoms with Crippen LogP contribution in [0.25, 0.3) is 11.3 Å². The van der Waals surface area contributed by atoms with E-state index in [1.807, 2.05) is 0 Å². The van der Waals surface area contributed by atoms with Crippen molar-refractivity contribution >= 4 is 11.8 Å². The number of nitriles is 1. The van der Waals surface area contributed by atoms with Crippen molar-refractivity contribution in [2.24, 2.45) is 0 Å². The van der Waals surface area contributed by atoms with Crippen LogP contribution in [0.3, 0.4) is 0 Å². The number of halogens is 2. The summed E-state index contributed by atoms with van der Waals surface area (Å²) in [6.07, 6.45) is 1.65. The van der Waals surface area contributed by atoms with Crippen LogP contribution in [0.1, 0.15) is 5.56 Å². The lowest BCUT2D eigenvalue weighted by molar-refractivity contribution is 0.372. The van der Waals surface area contributed by atoms with Gasteiger partial charge >= 0.3 is 0 Å². The van der Waals surface area contributed by atoms with E-state index in [1.54, 1.807) is 12.3 Å². The Morgan fingerprint density at radius 2 is 2.10 bits per heavy atom. The quantitative estimate of drug-likeness (QED) is 0.695. The van der Waals surface area contributed by atoms with Crippen LogP contribution >= 0.6 is 11.8 Å². The summed E-state index contributed by atoms with van der Waals surface area (Å²) in [7, 11) is 1.20. The molecule has 8 heteroatoms. The largest absolute Gasteiger partial charge is 0.494 e. The second kappa shape index (κ2) is 5.93. The van der Waals surface area contributed by atoms with E-state index in [2.05, 4.69) is 14.7 Å². The topological polar surface area (TPSA) is 78.8 Å². The van der Waals surface area contributed by atoms with Crippen molar-refractivity contribution in [2.75, 3.05) is 13.4 Å². The maximum atomic E-state index is 14.1. The third-order valence-corrected chi connectivity index (χ3v) is 3.30. The number of thioether (sulfide) groups is 1. The van der Waals surface area contributed by atoms with E-state index in [-0.39, 0.29) is 27.7 Å². The summed E-state index contributed by atoms with van der Waals surface area (Å²) in [6, 6.07) is 4.07. The third-order valence-electron chi connectivity index (χ3n) is 2.72. The molecular formula is C13H9F2N3O2S. The molecule has 0 atom stereocenters. The van der Waals surface area contributed by atoms with Crippen molar-refractivity contribution in [3.63, 3.8) is 0 Å². The highest BCUT2D eigenvalue weighted by Gasteiger charge is 2.21. The number of methoxy groups -OCH3 is 1. The average Bonchev–Trinajstić information content (AvgIpc) is 2.49. The number of aromatic amines is 1. The van der Waals surface area contributed by atoms with E-state index in [1.165, 1.54) is 19.2 Å². The van der Waals surface area contributed by atoms with Crippen molar-refractivity contribution in [2.45, 2.75) is 5.16 Å². The van der Waals surface area contributed by atoms with Crippen molar-refractivity contribution in [3.05, 3.63) is 39.7 Å². The van der Waals surface area contributed by atoms with Gasteiger partial charge in [0.2, 0.25) is 5.82 Å². The molecule has 0 amide bonds. The molecule has 0 unspecified atom stereocenters. The van der Waals surface area contributed by atoms with Crippen molar-refractivity contribution in [3.8, 4) is 23.1 Å². The zero-order valence-electron chi connectivity index (χ0n) is 11.0. The first-order chi connectivity index (χ1) is 10.0. The first kappa shape index (κ1) is 15.0. The molecule has 1 N–H and O–H groups in total. The third kappa shape index (κ3) is 2.60. The lowest BCUT2D eigenvalue weighted by atomic mass is 10.1. The zero-order valence-corrected chi connectivity index (χ0v) is 11.8.